The second-order valence-corrected chi connectivity index (χ2v) is 6.79. The number of amides is 1. The topological polar surface area (TPSA) is 78.3 Å². The molecule has 4 aromatic rings. The summed E-state index contributed by atoms with van der Waals surface area (Å²) in [6, 6.07) is 18.4. The number of ether oxygens (including phenoxy) is 2. The Morgan fingerprint density at radius 1 is 1.10 bits per heavy atom. The molecule has 5 rings (SSSR count). The van der Waals surface area contributed by atoms with Gasteiger partial charge in [0.1, 0.15) is 12.4 Å². The summed E-state index contributed by atoms with van der Waals surface area (Å²) in [4.78, 5) is 16.6. The number of nitrogens with one attached hydrogen (secondary N) is 1. The maximum absolute atomic E-state index is 12.5. The maximum atomic E-state index is 12.5. The van der Waals surface area contributed by atoms with Gasteiger partial charge in [0.25, 0.3) is 5.91 Å². The SMILES string of the molecule is O=C(Nc1ccccn1)c1ccc2nn(CC3COc4ccccc4O3)cc2c1. The summed E-state index contributed by atoms with van der Waals surface area (Å²) in [5.41, 5.74) is 1.37. The molecule has 1 amide bonds. The first-order valence-corrected chi connectivity index (χ1v) is 9.33. The van der Waals surface area contributed by atoms with E-state index in [0.29, 0.717) is 24.5 Å². The van der Waals surface area contributed by atoms with Crippen LogP contribution in [-0.4, -0.2) is 33.4 Å². The number of aromatic nitrogens is 3. The van der Waals surface area contributed by atoms with E-state index in [1.807, 2.05) is 53.3 Å². The summed E-state index contributed by atoms with van der Waals surface area (Å²) < 4.78 is 13.6. The Hall–Kier alpha value is -3.87. The molecule has 0 bridgehead atoms. The van der Waals surface area contributed by atoms with Crippen molar-refractivity contribution in [2.75, 3.05) is 11.9 Å². The minimum absolute atomic E-state index is 0.133. The molecule has 0 saturated heterocycles. The van der Waals surface area contributed by atoms with E-state index in [2.05, 4.69) is 15.4 Å². The third-order valence-electron chi connectivity index (χ3n) is 4.68. The molecule has 0 spiro atoms. The van der Waals surface area contributed by atoms with Crippen molar-refractivity contribution in [2.24, 2.45) is 0 Å². The van der Waals surface area contributed by atoms with Crippen LogP contribution in [0.4, 0.5) is 5.82 Å². The monoisotopic (exact) mass is 386 g/mol. The van der Waals surface area contributed by atoms with E-state index in [0.717, 1.165) is 22.4 Å². The van der Waals surface area contributed by atoms with Crippen molar-refractivity contribution in [1.29, 1.82) is 0 Å². The second-order valence-electron chi connectivity index (χ2n) is 6.79. The summed E-state index contributed by atoms with van der Waals surface area (Å²) in [5.74, 6) is 1.81. The van der Waals surface area contributed by atoms with Crippen molar-refractivity contribution in [3.63, 3.8) is 0 Å². The lowest BCUT2D eigenvalue weighted by molar-refractivity contribution is 0.0760. The number of fused-ring (bicyclic) bond motifs is 2. The molecule has 2 aromatic heterocycles. The highest BCUT2D eigenvalue weighted by Gasteiger charge is 2.21. The molecule has 1 unspecified atom stereocenters. The minimum atomic E-state index is -0.209. The Morgan fingerprint density at radius 2 is 1.97 bits per heavy atom. The molecular formula is C22H18N4O3. The van der Waals surface area contributed by atoms with Crippen LogP contribution in [-0.2, 0) is 6.54 Å². The first kappa shape index (κ1) is 17.2. The van der Waals surface area contributed by atoms with Crippen LogP contribution in [0.1, 0.15) is 10.4 Å². The Morgan fingerprint density at radius 3 is 2.83 bits per heavy atom. The van der Waals surface area contributed by atoms with Gasteiger partial charge in [-0.3, -0.25) is 9.48 Å². The molecule has 7 nitrogen and oxygen atoms in total. The molecule has 29 heavy (non-hydrogen) atoms. The molecule has 1 N–H and O–H groups in total. The lowest BCUT2D eigenvalue weighted by Gasteiger charge is -2.26. The second kappa shape index (κ2) is 7.27. The number of benzene rings is 2. The number of hydrogen-bond acceptors (Lipinski definition) is 5. The van der Waals surface area contributed by atoms with Gasteiger partial charge in [-0.2, -0.15) is 5.10 Å². The number of pyridine rings is 1. The van der Waals surface area contributed by atoms with Gasteiger partial charge < -0.3 is 14.8 Å². The van der Waals surface area contributed by atoms with Gasteiger partial charge in [0.2, 0.25) is 0 Å². The van der Waals surface area contributed by atoms with Gasteiger partial charge in [-0.05, 0) is 42.5 Å². The van der Waals surface area contributed by atoms with Gasteiger partial charge in [-0.1, -0.05) is 18.2 Å². The summed E-state index contributed by atoms with van der Waals surface area (Å²) in [7, 11) is 0. The fourth-order valence-corrected chi connectivity index (χ4v) is 3.30. The van der Waals surface area contributed by atoms with Gasteiger partial charge in [0.15, 0.2) is 17.6 Å². The minimum Gasteiger partial charge on any atom is -0.486 e. The predicted octanol–water partition coefficient (Wildman–Crippen LogP) is 3.52. The molecule has 1 aliphatic rings. The van der Waals surface area contributed by atoms with Crippen LogP contribution >= 0.6 is 0 Å². The third kappa shape index (κ3) is 3.62. The average molecular weight is 386 g/mol. The summed E-state index contributed by atoms with van der Waals surface area (Å²) in [6.45, 7) is 1.02. The quantitative estimate of drug-likeness (QED) is 0.581. The van der Waals surface area contributed by atoms with Gasteiger partial charge in [-0.25, -0.2) is 4.98 Å². The van der Waals surface area contributed by atoms with Crippen molar-refractivity contribution < 1.29 is 14.3 Å². The predicted molar refractivity (Wildman–Crippen MR) is 108 cm³/mol. The van der Waals surface area contributed by atoms with Crippen molar-refractivity contribution in [3.8, 4) is 11.5 Å². The molecule has 7 heteroatoms. The molecular weight excluding hydrogens is 368 g/mol. The van der Waals surface area contributed by atoms with E-state index in [1.165, 1.54) is 0 Å². The molecule has 144 valence electrons. The van der Waals surface area contributed by atoms with Crippen LogP contribution in [0.3, 0.4) is 0 Å². The summed E-state index contributed by atoms with van der Waals surface area (Å²) >= 11 is 0. The number of carbonyl (C=O) groups is 1. The fourth-order valence-electron chi connectivity index (χ4n) is 3.30. The zero-order valence-corrected chi connectivity index (χ0v) is 15.5. The number of rotatable bonds is 4. The largest absolute Gasteiger partial charge is 0.486 e. The Labute approximate surface area is 166 Å². The first-order chi connectivity index (χ1) is 14.2. The highest BCUT2D eigenvalue weighted by Crippen LogP contribution is 2.31. The van der Waals surface area contributed by atoms with Crippen molar-refractivity contribution in [3.05, 3.63) is 78.6 Å². The van der Waals surface area contributed by atoms with Crippen molar-refractivity contribution in [2.45, 2.75) is 12.6 Å². The van der Waals surface area contributed by atoms with Crippen LogP contribution in [0.15, 0.2) is 73.1 Å². The number of nitrogens with zero attached hydrogens (tertiary/aromatic N) is 3. The third-order valence-corrected chi connectivity index (χ3v) is 4.68. The molecule has 1 atom stereocenters. The Bertz CT molecular complexity index is 1170. The Kier molecular flexibility index (Phi) is 4.32. The van der Waals surface area contributed by atoms with E-state index in [4.69, 9.17) is 9.47 Å². The lowest BCUT2D eigenvalue weighted by Crippen LogP contribution is -2.33. The van der Waals surface area contributed by atoms with E-state index in [-0.39, 0.29) is 12.0 Å². The summed E-state index contributed by atoms with van der Waals surface area (Å²) in [6.07, 6.45) is 3.42. The molecule has 0 saturated carbocycles. The number of carbonyl (C=O) groups excluding carboxylic acids is 1. The van der Waals surface area contributed by atoms with E-state index >= 15 is 0 Å². The maximum Gasteiger partial charge on any atom is 0.256 e. The van der Waals surface area contributed by atoms with Crippen LogP contribution in [0.5, 0.6) is 11.5 Å². The van der Waals surface area contributed by atoms with Crippen LogP contribution in [0.2, 0.25) is 0 Å². The van der Waals surface area contributed by atoms with Gasteiger partial charge in [-0.15, -0.1) is 0 Å². The molecule has 3 heterocycles. The molecule has 2 aromatic carbocycles. The normalized spacial score (nSPS) is 15.2. The number of para-hydroxylation sites is 2. The van der Waals surface area contributed by atoms with Crippen molar-refractivity contribution in [1.82, 2.24) is 14.8 Å². The zero-order valence-electron chi connectivity index (χ0n) is 15.5. The van der Waals surface area contributed by atoms with Gasteiger partial charge in [0, 0.05) is 23.3 Å². The van der Waals surface area contributed by atoms with Crippen LogP contribution in [0.25, 0.3) is 10.9 Å². The highest BCUT2D eigenvalue weighted by molar-refractivity contribution is 6.05. The smallest absolute Gasteiger partial charge is 0.256 e. The Balaban J connectivity index is 1.31. The van der Waals surface area contributed by atoms with Gasteiger partial charge >= 0.3 is 0 Å². The fraction of sp³-hybridized carbons (Fsp3) is 0.136. The van der Waals surface area contributed by atoms with E-state index < -0.39 is 0 Å². The first-order valence-electron chi connectivity index (χ1n) is 9.33. The van der Waals surface area contributed by atoms with Crippen LogP contribution in [0, 0.1) is 0 Å². The molecule has 0 fully saturated rings. The molecule has 0 aliphatic carbocycles. The standard InChI is InChI=1S/C22H18N4O3/c27-22(24-21-7-3-4-10-23-21)15-8-9-18-16(11-15)12-26(25-18)13-17-14-28-19-5-1-2-6-20(19)29-17/h1-12,17H,13-14H2,(H,23,24,27). The number of anilines is 1. The van der Waals surface area contributed by atoms with Gasteiger partial charge in [0.05, 0.1) is 12.1 Å². The van der Waals surface area contributed by atoms with Crippen molar-refractivity contribution >= 4 is 22.6 Å². The average Bonchev–Trinajstić information content (AvgIpc) is 3.15. The number of hydrogen-bond donors (Lipinski definition) is 1. The highest BCUT2D eigenvalue weighted by atomic mass is 16.6. The summed E-state index contributed by atoms with van der Waals surface area (Å²) in [5, 5.41) is 8.26. The lowest BCUT2D eigenvalue weighted by atomic mass is 10.1. The van der Waals surface area contributed by atoms with Crippen LogP contribution < -0.4 is 14.8 Å². The molecule has 0 radical (unpaired) electrons. The zero-order chi connectivity index (χ0) is 19.6. The van der Waals surface area contributed by atoms with E-state index in [9.17, 15) is 4.79 Å². The van der Waals surface area contributed by atoms with E-state index in [1.54, 1.807) is 24.4 Å². The molecule has 1 aliphatic heterocycles.